The van der Waals surface area contributed by atoms with Gasteiger partial charge in [-0.05, 0) is 23.8 Å². The van der Waals surface area contributed by atoms with E-state index in [0.717, 1.165) is 12.1 Å². The molecule has 0 aliphatic carbocycles. The van der Waals surface area contributed by atoms with Crippen LogP contribution in [0.25, 0.3) is 10.9 Å². The summed E-state index contributed by atoms with van der Waals surface area (Å²) < 4.78 is 54.2. The van der Waals surface area contributed by atoms with Crippen LogP contribution in [0.3, 0.4) is 0 Å². The standard InChI is InChI=1S/C23H18F2N2O3S/c24-19-11-10-17(12-20(19)25)26-23(28)14-27-13-22(18-8-4-5-9-21(18)27)31(29,30)15-16-6-2-1-3-7-16/h1-13H,14-15H2,(H,26,28). The molecule has 0 fully saturated rings. The largest absolute Gasteiger partial charge is 0.337 e. The van der Waals surface area contributed by atoms with Crippen molar-refractivity contribution in [2.45, 2.75) is 17.2 Å². The topological polar surface area (TPSA) is 68.2 Å². The average molecular weight is 440 g/mol. The van der Waals surface area contributed by atoms with Crippen LogP contribution in [0.4, 0.5) is 14.5 Å². The highest BCUT2D eigenvalue weighted by molar-refractivity contribution is 7.90. The lowest BCUT2D eigenvalue weighted by atomic mass is 10.2. The number of carbonyl (C=O) groups excluding carboxylic acids is 1. The maximum Gasteiger partial charge on any atom is 0.244 e. The highest BCUT2D eigenvalue weighted by Crippen LogP contribution is 2.28. The van der Waals surface area contributed by atoms with E-state index >= 15 is 0 Å². The van der Waals surface area contributed by atoms with Crippen molar-refractivity contribution >= 4 is 32.3 Å². The number of fused-ring (bicyclic) bond motifs is 1. The highest BCUT2D eigenvalue weighted by atomic mass is 32.2. The zero-order valence-corrected chi connectivity index (χ0v) is 17.1. The van der Waals surface area contributed by atoms with Crippen molar-refractivity contribution in [3.8, 4) is 0 Å². The highest BCUT2D eigenvalue weighted by Gasteiger charge is 2.22. The van der Waals surface area contributed by atoms with E-state index in [4.69, 9.17) is 0 Å². The second kappa shape index (κ2) is 8.31. The molecule has 0 spiro atoms. The van der Waals surface area contributed by atoms with Crippen molar-refractivity contribution in [2.75, 3.05) is 5.32 Å². The Hall–Kier alpha value is -3.52. The smallest absolute Gasteiger partial charge is 0.244 e. The number of para-hydroxylation sites is 1. The van der Waals surface area contributed by atoms with E-state index in [0.29, 0.717) is 16.5 Å². The van der Waals surface area contributed by atoms with Crippen LogP contribution in [0.15, 0.2) is 83.9 Å². The number of rotatable bonds is 6. The van der Waals surface area contributed by atoms with Crippen LogP contribution in [-0.2, 0) is 26.9 Å². The number of carbonyl (C=O) groups is 1. The van der Waals surface area contributed by atoms with Gasteiger partial charge in [0.2, 0.25) is 5.91 Å². The molecule has 158 valence electrons. The summed E-state index contributed by atoms with van der Waals surface area (Å²) in [7, 11) is -3.67. The fourth-order valence-electron chi connectivity index (χ4n) is 3.39. The van der Waals surface area contributed by atoms with Gasteiger partial charge in [-0.25, -0.2) is 17.2 Å². The summed E-state index contributed by atoms with van der Waals surface area (Å²) >= 11 is 0. The number of amides is 1. The van der Waals surface area contributed by atoms with Crippen molar-refractivity contribution in [2.24, 2.45) is 0 Å². The zero-order valence-electron chi connectivity index (χ0n) is 16.3. The van der Waals surface area contributed by atoms with Crippen molar-refractivity contribution in [1.29, 1.82) is 0 Å². The predicted octanol–water partition coefficient (Wildman–Crippen LogP) is 4.53. The van der Waals surface area contributed by atoms with E-state index in [1.54, 1.807) is 48.5 Å². The van der Waals surface area contributed by atoms with E-state index < -0.39 is 27.4 Å². The van der Waals surface area contributed by atoms with Crippen LogP contribution in [0, 0.1) is 11.6 Å². The van der Waals surface area contributed by atoms with Crippen molar-refractivity contribution in [1.82, 2.24) is 4.57 Å². The monoisotopic (exact) mass is 440 g/mol. The Bertz CT molecular complexity index is 1370. The number of aromatic nitrogens is 1. The Morgan fingerprint density at radius 2 is 1.61 bits per heavy atom. The number of sulfone groups is 1. The molecule has 0 saturated heterocycles. The molecule has 1 heterocycles. The molecular weight excluding hydrogens is 422 g/mol. The molecule has 4 rings (SSSR count). The van der Waals surface area contributed by atoms with E-state index in [2.05, 4.69) is 5.32 Å². The summed E-state index contributed by atoms with van der Waals surface area (Å²) in [5, 5.41) is 3.01. The van der Waals surface area contributed by atoms with Crippen molar-refractivity contribution < 1.29 is 22.0 Å². The second-order valence-corrected chi connectivity index (χ2v) is 9.02. The third-order valence-corrected chi connectivity index (χ3v) is 6.51. The Labute approximate surface area is 177 Å². The molecular formula is C23H18F2N2O3S. The van der Waals surface area contributed by atoms with Crippen LogP contribution in [0.2, 0.25) is 0 Å². The number of halogens is 2. The number of nitrogens with zero attached hydrogens (tertiary/aromatic N) is 1. The number of hydrogen-bond acceptors (Lipinski definition) is 3. The van der Waals surface area contributed by atoms with Crippen LogP contribution in [0.5, 0.6) is 0 Å². The molecule has 0 radical (unpaired) electrons. The molecule has 0 aliphatic heterocycles. The minimum Gasteiger partial charge on any atom is -0.337 e. The van der Waals surface area contributed by atoms with Crippen LogP contribution in [-0.4, -0.2) is 18.9 Å². The lowest BCUT2D eigenvalue weighted by Gasteiger charge is -2.07. The van der Waals surface area contributed by atoms with Gasteiger partial charge in [0.15, 0.2) is 21.5 Å². The first-order chi connectivity index (χ1) is 14.8. The van der Waals surface area contributed by atoms with Gasteiger partial charge in [0.25, 0.3) is 0 Å². The van der Waals surface area contributed by atoms with Gasteiger partial charge in [-0.1, -0.05) is 48.5 Å². The summed E-state index contributed by atoms with van der Waals surface area (Å²) in [6.45, 7) is -0.194. The SMILES string of the molecule is O=C(Cn1cc(S(=O)(=O)Cc2ccccc2)c2ccccc21)Nc1ccc(F)c(F)c1. The van der Waals surface area contributed by atoms with Gasteiger partial charge in [-0.2, -0.15) is 0 Å². The van der Waals surface area contributed by atoms with E-state index in [1.807, 2.05) is 6.07 Å². The van der Waals surface area contributed by atoms with Gasteiger partial charge >= 0.3 is 0 Å². The van der Waals surface area contributed by atoms with Crippen molar-refractivity contribution in [3.63, 3.8) is 0 Å². The van der Waals surface area contributed by atoms with Gasteiger partial charge < -0.3 is 9.88 Å². The molecule has 0 atom stereocenters. The van der Waals surface area contributed by atoms with Crippen LogP contribution >= 0.6 is 0 Å². The summed E-state index contributed by atoms with van der Waals surface area (Å²) in [6, 6.07) is 18.8. The molecule has 1 N–H and O–H groups in total. The van der Waals surface area contributed by atoms with Gasteiger partial charge in [0.05, 0.1) is 10.6 Å². The molecule has 5 nitrogen and oxygen atoms in total. The number of benzene rings is 3. The van der Waals surface area contributed by atoms with Gasteiger partial charge in [0.1, 0.15) is 6.54 Å². The zero-order chi connectivity index (χ0) is 22.0. The molecule has 0 aliphatic rings. The molecule has 3 aromatic carbocycles. The van der Waals surface area contributed by atoms with Crippen molar-refractivity contribution in [3.05, 3.63) is 96.2 Å². The quantitative estimate of drug-likeness (QED) is 0.479. The predicted molar refractivity (Wildman–Crippen MR) is 114 cm³/mol. The summed E-state index contributed by atoms with van der Waals surface area (Å²) in [5.41, 5.74) is 1.35. The van der Waals surface area contributed by atoms with Gasteiger partial charge in [-0.3, -0.25) is 4.79 Å². The van der Waals surface area contributed by atoms with E-state index in [1.165, 1.54) is 16.8 Å². The number of hydrogen-bond donors (Lipinski definition) is 1. The van der Waals surface area contributed by atoms with E-state index in [-0.39, 0.29) is 22.9 Å². The van der Waals surface area contributed by atoms with Gasteiger partial charge in [-0.15, -0.1) is 0 Å². The van der Waals surface area contributed by atoms with Crippen LogP contribution < -0.4 is 5.32 Å². The summed E-state index contributed by atoms with van der Waals surface area (Å²) in [5.74, 6) is -2.75. The number of anilines is 1. The Morgan fingerprint density at radius 1 is 0.903 bits per heavy atom. The lowest BCUT2D eigenvalue weighted by Crippen LogP contribution is -2.18. The molecule has 0 unspecified atom stereocenters. The molecule has 31 heavy (non-hydrogen) atoms. The van der Waals surface area contributed by atoms with E-state index in [9.17, 15) is 22.0 Å². The third-order valence-electron chi connectivity index (χ3n) is 4.80. The minimum atomic E-state index is -3.67. The average Bonchev–Trinajstić information content (AvgIpc) is 3.11. The second-order valence-electron chi connectivity index (χ2n) is 7.06. The lowest BCUT2D eigenvalue weighted by molar-refractivity contribution is -0.116. The molecule has 1 aromatic heterocycles. The maximum atomic E-state index is 13.4. The molecule has 1 amide bonds. The Balaban J connectivity index is 1.63. The normalized spacial score (nSPS) is 11.5. The molecule has 8 heteroatoms. The fraction of sp³-hybridized carbons (Fsp3) is 0.0870. The van der Waals surface area contributed by atoms with Gasteiger partial charge in [0, 0.05) is 28.9 Å². The molecule has 0 saturated carbocycles. The fourth-order valence-corrected chi connectivity index (χ4v) is 4.97. The first-order valence-corrected chi connectivity index (χ1v) is 11.1. The third kappa shape index (κ3) is 4.49. The maximum absolute atomic E-state index is 13.4. The Kier molecular flexibility index (Phi) is 5.56. The minimum absolute atomic E-state index is 0.109. The first kappa shape index (κ1) is 20.7. The van der Waals surface area contributed by atoms with Crippen LogP contribution in [0.1, 0.15) is 5.56 Å². The summed E-state index contributed by atoms with van der Waals surface area (Å²) in [6.07, 6.45) is 1.44. The first-order valence-electron chi connectivity index (χ1n) is 9.43. The molecule has 0 bridgehead atoms. The summed E-state index contributed by atoms with van der Waals surface area (Å²) in [4.78, 5) is 12.6. The number of nitrogens with one attached hydrogen (secondary N) is 1. The molecule has 4 aromatic rings. The Morgan fingerprint density at radius 3 is 2.35 bits per heavy atom.